The van der Waals surface area contributed by atoms with E-state index < -0.39 is 6.36 Å². The topological polar surface area (TPSA) is 76.6 Å². The number of aromatic nitrogens is 5. The third-order valence-corrected chi connectivity index (χ3v) is 5.09. The number of pyridine rings is 1. The molecule has 9 heteroatoms. The molecule has 0 saturated carbocycles. The maximum atomic E-state index is 12.6. The minimum atomic E-state index is -4.75. The van der Waals surface area contributed by atoms with Crippen LogP contribution in [0.1, 0.15) is 17.1 Å². The third kappa shape index (κ3) is 4.73. The molecule has 0 spiro atoms. The first kappa shape index (κ1) is 21.6. The zero-order valence-electron chi connectivity index (χ0n) is 18.0. The van der Waals surface area contributed by atoms with Gasteiger partial charge in [0.25, 0.3) is 0 Å². The zero-order valence-corrected chi connectivity index (χ0v) is 18.0. The van der Waals surface area contributed by atoms with Crippen LogP contribution >= 0.6 is 0 Å². The predicted octanol–water partition coefficient (Wildman–Crippen LogP) is 5.88. The summed E-state index contributed by atoms with van der Waals surface area (Å²) in [5.74, 6) is 0.269. The number of benzene rings is 2. The van der Waals surface area contributed by atoms with E-state index in [4.69, 9.17) is 9.97 Å². The van der Waals surface area contributed by atoms with Crippen molar-refractivity contribution in [2.75, 3.05) is 0 Å². The van der Waals surface area contributed by atoms with Gasteiger partial charge in [-0.15, -0.1) is 13.2 Å². The van der Waals surface area contributed by atoms with Gasteiger partial charge in [0.15, 0.2) is 0 Å². The second-order valence-electron chi connectivity index (χ2n) is 7.69. The number of halogens is 3. The first-order valence-electron chi connectivity index (χ1n) is 10.4. The van der Waals surface area contributed by atoms with E-state index in [1.54, 1.807) is 12.3 Å². The van der Waals surface area contributed by atoms with Crippen LogP contribution in [-0.2, 0) is 6.42 Å². The molecule has 5 rings (SSSR count). The molecule has 0 aliphatic carbocycles. The number of H-pyrrole nitrogens is 1. The van der Waals surface area contributed by atoms with Crippen LogP contribution in [0, 0.1) is 6.92 Å². The Morgan fingerprint density at radius 2 is 1.65 bits per heavy atom. The van der Waals surface area contributed by atoms with Gasteiger partial charge < -0.3 is 9.72 Å². The molecule has 0 amide bonds. The van der Waals surface area contributed by atoms with E-state index in [-0.39, 0.29) is 12.2 Å². The molecule has 5 aromatic rings. The average Bonchev–Trinajstić information content (AvgIpc) is 3.21. The number of ether oxygens (including phenoxy) is 1. The molecule has 1 N–H and O–H groups in total. The molecule has 0 saturated heterocycles. The van der Waals surface area contributed by atoms with Crippen molar-refractivity contribution in [1.82, 2.24) is 24.9 Å². The van der Waals surface area contributed by atoms with Crippen LogP contribution in [0.25, 0.3) is 33.8 Å². The summed E-state index contributed by atoms with van der Waals surface area (Å²) in [6.07, 6.45) is -2.84. The Morgan fingerprint density at radius 3 is 2.44 bits per heavy atom. The molecule has 3 aromatic heterocycles. The smallest absolute Gasteiger partial charge is 0.406 e. The predicted molar refractivity (Wildman–Crippen MR) is 121 cm³/mol. The fourth-order valence-electron chi connectivity index (χ4n) is 3.68. The second kappa shape index (κ2) is 8.58. The van der Waals surface area contributed by atoms with E-state index in [9.17, 15) is 13.2 Å². The number of nitrogens with one attached hydrogen (secondary N) is 1. The molecule has 2 aromatic carbocycles. The zero-order chi connectivity index (χ0) is 23.7. The quantitative estimate of drug-likeness (QED) is 0.354. The lowest BCUT2D eigenvalue weighted by atomic mass is 10.1. The summed E-state index contributed by atoms with van der Waals surface area (Å²) in [6, 6.07) is 19.0. The van der Waals surface area contributed by atoms with Gasteiger partial charge in [0.2, 0.25) is 0 Å². The van der Waals surface area contributed by atoms with Crippen molar-refractivity contribution in [3.8, 4) is 28.5 Å². The van der Waals surface area contributed by atoms with E-state index >= 15 is 0 Å². The van der Waals surface area contributed by atoms with Crippen LogP contribution in [-0.4, -0.2) is 31.3 Å². The number of nitrogens with zero attached hydrogens (tertiary/aromatic N) is 4. The molecule has 34 heavy (non-hydrogen) atoms. The molecule has 0 radical (unpaired) electrons. The van der Waals surface area contributed by atoms with Gasteiger partial charge in [0, 0.05) is 12.1 Å². The summed E-state index contributed by atoms with van der Waals surface area (Å²) < 4.78 is 41.9. The van der Waals surface area contributed by atoms with Gasteiger partial charge in [-0.05, 0) is 48.9 Å². The third-order valence-electron chi connectivity index (χ3n) is 5.09. The highest BCUT2D eigenvalue weighted by atomic mass is 19.4. The Labute approximate surface area is 192 Å². The van der Waals surface area contributed by atoms with Crippen LogP contribution < -0.4 is 4.74 Å². The molecule has 0 atom stereocenters. The van der Waals surface area contributed by atoms with Gasteiger partial charge in [0.05, 0.1) is 28.6 Å². The van der Waals surface area contributed by atoms with Gasteiger partial charge in [-0.25, -0.2) is 9.97 Å². The maximum absolute atomic E-state index is 12.6. The van der Waals surface area contributed by atoms with Gasteiger partial charge >= 0.3 is 6.36 Å². The molecule has 0 aliphatic heterocycles. The number of fused-ring (bicyclic) bond motifs is 1. The summed E-state index contributed by atoms with van der Waals surface area (Å²) in [7, 11) is 0. The summed E-state index contributed by atoms with van der Waals surface area (Å²) in [5, 5.41) is 0. The van der Waals surface area contributed by atoms with E-state index in [2.05, 4.69) is 19.7 Å². The number of imidazole rings is 1. The Bertz CT molecular complexity index is 1480. The molecule has 170 valence electrons. The van der Waals surface area contributed by atoms with Crippen LogP contribution in [0.4, 0.5) is 13.2 Å². The molecular weight excluding hydrogens is 443 g/mol. The van der Waals surface area contributed by atoms with Crippen molar-refractivity contribution >= 4 is 11.0 Å². The molecule has 6 nitrogen and oxygen atoms in total. The number of aryl methyl sites for hydroxylation is 1. The Hall–Kier alpha value is -4.27. The lowest BCUT2D eigenvalue weighted by molar-refractivity contribution is -0.274. The number of alkyl halides is 3. The number of hydrogen-bond donors (Lipinski definition) is 1. The highest BCUT2D eigenvalue weighted by Crippen LogP contribution is 2.30. The van der Waals surface area contributed by atoms with Crippen molar-refractivity contribution in [2.45, 2.75) is 19.7 Å². The van der Waals surface area contributed by atoms with Crippen LogP contribution in [0.3, 0.4) is 0 Å². The molecule has 0 unspecified atom stereocenters. The molecular formula is C25H18F3N5O. The first-order valence-corrected chi connectivity index (χ1v) is 10.4. The highest BCUT2D eigenvalue weighted by Gasteiger charge is 2.31. The van der Waals surface area contributed by atoms with E-state index in [0.29, 0.717) is 34.2 Å². The van der Waals surface area contributed by atoms with Crippen LogP contribution in [0.5, 0.6) is 5.75 Å². The van der Waals surface area contributed by atoms with Crippen LogP contribution in [0.15, 0.2) is 72.9 Å². The largest absolute Gasteiger partial charge is 0.573 e. The minimum absolute atomic E-state index is 0.259. The van der Waals surface area contributed by atoms with Crippen molar-refractivity contribution in [1.29, 1.82) is 0 Å². The monoisotopic (exact) mass is 461 g/mol. The lowest BCUT2D eigenvalue weighted by Crippen LogP contribution is -2.17. The lowest BCUT2D eigenvalue weighted by Gasteiger charge is -2.09. The van der Waals surface area contributed by atoms with Crippen molar-refractivity contribution in [2.24, 2.45) is 0 Å². The van der Waals surface area contributed by atoms with E-state index in [0.717, 1.165) is 16.7 Å². The van der Waals surface area contributed by atoms with Gasteiger partial charge in [-0.3, -0.25) is 9.97 Å². The van der Waals surface area contributed by atoms with E-state index in [1.165, 1.54) is 18.2 Å². The van der Waals surface area contributed by atoms with Crippen molar-refractivity contribution < 1.29 is 17.9 Å². The summed E-state index contributed by atoms with van der Waals surface area (Å²) in [4.78, 5) is 21.8. The number of para-hydroxylation sites is 2. The minimum Gasteiger partial charge on any atom is -0.406 e. The Balaban J connectivity index is 1.56. The number of rotatable bonds is 5. The normalized spacial score (nSPS) is 11.6. The summed E-state index contributed by atoms with van der Waals surface area (Å²) >= 11 is 0. The maximum Gasteiger partial charge on any atom is 0.573 e. The SMILES string of the molecule is Cc1cccc(-c2[nH]c(Cc3cccc(OC(F)(F)F)c3)nc2-c2cnc3ccccc3n2)n1. The van der Waals surface area contributed by atoms with Gasteiger partial charge in [-0.1, -0.05) is 30.3 Å². The molecule has 0 bridgehead atoms. The average molecular weight is 461 g/mol. The fraction of sp³-hybridized carbons (Fsp3) is 0.120. The fourth-order valence-corrected chi connectivity index (χ4v) is 3.68. The summed E-state index contributed by atoms with van der Waals surface area (Å²) in [6.45, 7) is 1.89. The Morgan fingerprint density at radius 1 is 0.853 bits per heavy atom. The molecule has 0 aliphatic rings. The van der Waals surface area contributed by atoms with Crippen LogP contribution in [0.2, 0.25) is 0 Å². The van der Waals surface area contributed by atoms with Crippen molar-refractivity contribution in [3.63, 3.8) is 0 Å². The second-order valence-corrected chi connectivity index (χ2v) is 7.69. The van der Waals surface area contributed by atoms with Gasteiger partial charge in [0.1, 0.15) is 23.0 Å². The van der Waals surface area contributed by atoms with Crippen molar-refractivity contribution in [3.05, 3.63) is 90.0 Å². The molecule has 0 fully saturated rings. The molecule has 3 heterocycles. The highest BCUT2D eigenvalue weighted by molar-refractivity contribution is 5.80. The first-order chi connectivity index (χ1) is 16.3. The number of aromatic amines is 1. The van der Waals surface area contributed by atoms with E-state index in [1.807, 2.05) is 49.4 Å². The standard InChI is InChI=1S/C25H18F3N5O/c1-15-6-4-11-20(30-15)23-24(21-14-29-18-9-2-3-10-19(18)31-21)33-22(32-23)13-16-7-5-8-17(12-16)34-25(26,27)28/h2-12,14H,13H2,1H3,(H,32,33). The number of hydrogen-bond acceptors (Lipinski definition) is 5. The summed E-state index contributed by atoms with van der Waals surface area (Å²) in [5.41, 5.74) is 5.39. The Kier molecular flexibility index (Phi) is 5.45. The van der Waals surface area contributed by atoms with Gasteiger partial charge in [-0.2, -0.15) is 0 Å².